The van der Waals surface area contributed by atoms with Crippen LogP contribution in [0.3, 0.4) is 0 Å². The Hall–Kier alpha value is -4.25. The molecule has 1 saturated heterocycles. The molecule has 1 aromatic carbocycles. The van der Waals surface area contributed by atoms with Crippen molar-refractivity contribution in [1.82, 2.24) is 30.1 Å². The van der Waals surface area contributed by atoms with Gasteiger partial charge in [-0.05, 0) is 55.9 Å². The fourth-order valence-corrected chi connectivity index (χ4v) is 7.30. The normalized spacial score (nSPS) is 14.9. The van der Waals surface area contributed by atoms with Gasteiger partial charge in [0.05, 0.1) is 12.6 Å². The maximum absolute atomic E-state index is 14.1. The van der Waals surface area contributed by atoms with Gasteiger partial charge in [-0.2, -0.15) is 0 Å². The Morgan fingerprint density at radius 2 is 1.74 bits per heavy atom. The highest BCUT2D eigenvalue weighted by Gasteiger charge is 2.30. The minimum atomic E-state index is -0.942. The second-order valence-electron chi connectivity index (χ2n) is 12.6. The molecule has 10 nitrogen and oxygen atoms in total. The molecule has 0 bridgehead atoms. The minimum Gasteiger partial charge on any atom is -0.464 e. The maximum atomic E-state index is 14.1. The van der Waals surface area contributed by atoms with Gasteiger partial charge in [0.1, 0.15) is 16.7 Å². The summed E-state index contributed by atoms with van der Waals surface area (Å²) in [5.74, 6) is -0.711. The standard InChI is InChI=1S/C36H46N6O4S/c1-5-46-35(44)29(22-26-14-10-11-17-37-26)38-33(43)32-31(21-25-23-41(4)30-16-9-8-15-27(25)30)47-34(40-32)28(20-24(2)3)39-36(45)42-18-12-6-7-13-19-42/h8-11,14-17,23-24,28-29H,5-7,12-13,18-22H2,1-4H3,(H,38,43)(H,39,45)/t28-,29+/m0/s1. The van der Waals surface area contributed by atoms with Crippen LogP contribution in [0.25, 0.3) is 10.9 Å². The van der Waals surface area contributed by atoms with Crippen molar-refractivity contribution in [2.45, 2.75) is 77.8 Å². The number of para-hydroxylation sites is 1. The third-order valence-corrected chi connectivity index (χ3v) is 9.64. The fraction of sp³-hybridized carbons (Fsp3) is 0.472. The van der Waals surface area contributed by atoms with Crippen molar-refractivity contribution >= 4 is 40.1 Å². The molecular weight excluding hydrogens is 613 g/mol. The molecule has 5 rings (SSSR count). The van der Waals surface area contributed by atoms with Gasteiger partial charge in [-0.3, -0.25) is 9.78 Å². The van der Waals surface area contributed by atoms with E-state index in [1.165, 1.54) is 11.3 Å². The van der Waals surface area contributed by atoms with Gasteiger partial charge in [-0.15, -0.1) is 11.3 Å². The van der Waals surface area contributed by atoms with Crippen LogP contribution in [0.2, 0.25) is 0 Å². The van der Waals surface area contributed by atoms with Crippen LogP contribution in [0, 0.1) is 5.92 Å². The number of carbonyl (C=O) groups is 3. The van der Waals surface area contributed by atoms with Gasteiger partial charge in [0, 0.05) is 66.8 Å². The molecule has 0 aliphatic carbocycles. The van der Waals surface area contributed by atoms with Crippen molar-refractivity contribution in [3.8, 4) is 0 Å². The lowest BCUT2D eigenvalue weighted by Gasteiger charge is -2.25. The quantitative estimate of drug-likeness (QED) is 0.175. The van der Waals surface area contributed by atoms with Crippen molar-refractivity contribution in [3.63, 3.8) is 0 Å². The Kier molecular flexibility index (Phi) is 11.6. The lowest BCUT2D eigenvalue weighted by Crippen LogP contribution is -2.44. The van der Waals surface area contributed by atoms with Crippen molar-refractivity contribution in [2.75, 3.05) is 19.7 Å². The number of carbonyl (C=O) groups excluding carboxylic acids is 3. The first-order valence-electron chi connectivity index (χ1n) is 16.7. The van der Waals surface area contributed by atoms with Gasteiger partial charge in [0.25, 0.3) is 5.91 Å². The molecule has 0 saturated carbocycles. The lowest BCUT2D eigenvalue weighted by molar-refractivity contribution is -0.145. The zero-order chi connectivity index (χ0) is 33.3. The summed E-state index contributed by atoms with van der Waals surface area (Å²) in [6.07, 6.45) is 9.34. The summed E-state index contributed by atoms with van der Waals surface area (Å²) in [7, 11) is 2.01. The van der Waals surface area contributed by atoms with Gasteiger partial charge in [-0.1, -0.05) is 51.0 Å². The lowest BCUT2D eigenvalue weighted by atomic mass is 10.0. The van der Waals surface area contributed by atoms with E-state index in [0.717, 1.165) is 60.1 Å². The first-order chi connectivity index (χ1) is 22.7. The summed E-state index contributed by atoms with van der Waals surface area (Å²) < 4.78 is 7.42. The summed E-state index contributed by atoms with van der Waals surface area (Å²) in [5, 5.41) is 7.96. The van der Waals surface area contributed by atoms with Crippen LogP contribution >= 0.6 is 11.3 Å². The van der Waals surface area contributed by atoms with E-state index in [1.54, 1.807) is 19.2 Å². The number of ether oxygens (including phenoxy) is 1. The van der Waals surface area contributed by atoms with Gasteiger partial charge in [-0.25, -0.2) is 14.6 Å². The van der Waals surface area contributed by atoms with E-state index < -0.39 is 17.9 Å². The highest BCUT2D eigenvalue weighted by molar-refractivity contribution is 7.12. The van der Waals surface area contributed by atoms with Crippen LogP contribution in [0.4, 0.5) is 4.79 Å². The van der Waals surface area contributed by atoms with Crippen LogP contribution in [0.1, 0.15) is 90.5 Å². The van der Waals surface area contributed by atoms with Crippen LogP contribution in [0.15, 0.2) is 54.9 Å². The molecular formula is C36H46N6O4S. The SMILES string of the molecule is CCOC(=O)[C@@H](Cc1ccccn1)NC(=O)c1nc([C@H](CC(C)C)NC(=O)N2CCCCCC2)sc1Cc1cn(C)c2ccccc12. The highest BCUT2D eigenvalue weighted by Crippen LogP contribution is 2.32. The number of thiazole rings is 1. The number of nitrogens with one attached hydrogen (secondary N) is 2. The highest BCUT2D eigenvalue weighted by atomic mass is 32.1. The van der Waals surface area contributed by atoms with E-state index in [4.69, 9.17) is 9.72 Å². The molecule has 0 radical (unpaired) electrons. The third-order valence-electron chi connectivity index (χ3n) is 8.47. The molecule has 47 heavy (non-hydrogen) atoms. The molecule has 250 valence electrons. The largest absolute Gasteiger partial charge is 0.464 e. The molecule has 1 aliphatic rings. The van der Waals surface area contributed by atoms with Crippen LogP contribution in [0.5, 0.6) is 0 Å². The first kappa shape index (κ1) is 34.1. The smallest absolute Gasteiger partial charge is 0.329 e. The van der Waals surface area contributed by atoms with E-state index in [9.17, 15) is 14.4 Å². The summed E-state index contributed by atoms with van der Waals surface area (Å²) >= 11 is 1.45. The first-order valence-corrected chi connectivity index (χ1v) is 17.5. The molecule has 11 heteroatoms. The van der Waals surface area contributed by atoms with Crippen molar-refractivity contribution in [1.29, 1.82) is 0 Å². The molecule has 2 atom stereocenters. The van der Waals surface area contributed by atoms with Crippen LogP contribution in [-0.4, -0.2) is 63.1 Å². The van der Waals surface area contributed by atoms with Crippen molar-refractivity contribution in [2.24, 2.45) is 13.0 Å². The Morgan fingerprint density at radius 1 is 1.00 bits per heavy atom. The van der Waals surface area contributed by atoms with E-state index in [-0.39, 0.29) is 36.7 Å². The topological polar surface area (TPSA) is 118 Å². The number of nitrogens with zero attached hydrogens (tertiary/aromatic N) is 4. The number of aryl methyl sites for hydroxylation is 1. The average Bonchev–Trinajstić information content (AvgIpc) is 3.48. The zero-order valence-corrected chi connectivity index (χ0v) is 28.6. The Balaban J connectivity index is 1.49. The Morgan fingerprint density at radius 3 is 2.45 bits per heavy atom. The van der Waals surface area contributed by atoms with Crippen molar-refractivity contribution < 1.29 is 19.1 Å². The number of esters is 1. The van der Waals surface area contributed by atoms with E-state index >= 15 is 0 Å². The van der Waals surface area contributed by atoms with E-state index in [2.05, 4.69) is 52.4 Å². The van der Waals surface area contributed by atoms with Gasteiger partial charge >= 0.3 is 12.0 Å². The molecule has 1 fully saturated rings. The minimum absolute atomic E-state index is 0.0907. The summed E-state index contributed by atoms with van der Waals surface area (Å²) in [6, 6.07) is 12.2. The number of urea groups is 1. The number of hydrogen-bond donors (Lipinski definition) is 2. The number of pyridine rings is 1. The summed E-state index contributed by atoms with van der Waals surface area (Å²) in [4.78, 5) is 52.6. The number of benzene rings is 1. The molecule has 4 heterocycles. The number of rotatable bonds is 12. The second-order valence-corrected chi connectivity index (χ2v) is 13.7. The van der Waals surface area contributed by atoms with E-state index in [0.29, 0.717) is 23.5 Å². The molecule has 0 spiro atoms. The second kappa shape index (κ2) is 16.0. The molecule has 0 unspecified atom stereocenters. The number of likely N-dealkylation sites (tertiary alicyclic amines) is 1. The maximum Gasteiger partial charge on any atom is 0.329 e. The van der Waals surface area contributed by atoms with Crippen molar-refractivity contribution in [3.05, 3.63) is 81.7 Å². The number of fused-ring (bicyclic) bond motifs is 1. The average molecular weight is 659 g/mol. The third kappa shape index (κ3) is 8.77. The fourth-order valence-electron chi connectivity index (χ4n) is 6.15. The Bertz CT molecular complexity index is 1660. The summed E-state index contributed by atoms with van der Waals surface area (Å²) in [5.41, 5.74) is 3.08. The van der Waals surface area contributed by atoms with Crippen LogP contribution < -0.4 is 10.6 Å². The van der Waals surface area contributed by atoms with Gasteiger partial charge < -0.3 is 24.8 Å². The van der Waals surface area contributed by atoms with Gasteiger partial charge in [0.2, 0.25) is 0 Å². The number of amides is 3. The Labute approximate surface area is 280 Å². The van der Waals surface area contributed by atoms with E-state index in [1.807, 2.05) is 36.2 Å². The monoisotopic (exact) mass is 658 g/mol. The predicted octanol–water partition coefficient (Wildman–Crippen LogP) is 6.20. The number of aromatic nitrogens is 3. The van der Waals surface area contributed by atoms with Gasteiger partial charge in [0.15, 0.2) is 0 Å². The molecule has 2 N–H and O–H groups in total. The molecule has 1 aliphatic heterocycles. The van der Waals surface area contributed by atoms with Crippen LogP contribution in [-0.2, 0) is 29.4 Å². The predicted molar refractivity (Wildman–Crippen MR) is 184 cm³/mol. The molecule has 3 aromatic heterocycles. The molecule has 3 amide bonds. The summed E-state index contributed by atoms with van der Waals surface area (Å²) in [6.45, 7) is 7.64. The molecule has 4 aromatic rings. The zero-order valence-electron chi connectivity index (χ0n) is 27.8. The number of hydrogen-bond acceptors (Lipinski definition) is 7.